The lowest BCUT2D eigenvalue weighted by Gasteiger charge is -2.49. The highest BCUT2D eigenvalue weighted by Crippen LogP contribution is 2.41. The number of hydroxylamine groups is 1. The number of aromatic nitrogens is 3. The molecule has 9 N–H and O–H groups in total. The van der Waals surface area contributed by atoms with E-state index in [0.29, 0.717) is 17.8 Å². The molecule has 1 unspecified atom stereocenters. The van der Waals surface area contributed by atoms with Crippen molar-refractivity contribution < 1.29 is 49.2 Å². The largest absolute Gasteiger partial charge is 0.503 e. The normalized spacial score (nSPS) is 17.7. The van der Waals surface area contributed by atoms with E-state index in [-0.39, 0.29) is 39.3 Å². The van der Waals surface area contributed by atoms with Crippen molar-refractivity contribution in [2.75, 3.05) is 17.2 Å². The Hall–Kier alpha value is -5.12. The predicted octanol–water partition coefficient (Wildman–Crippen LogP) is -1.38. The number of thiazole rings is 1. The number of rotatable bonds is 11. The van der Waals surface area contributed by atoms with E-state index in [1.165, 1.54) is 33.5 Å². The molecule has 18 nitrogen and oxygen atoms in total. The number of aromatic hydroxyl groups is 1. The molecule has 3 aromatic heterocycles. The molecular weight excluding hydrogens is 681 g/mol. The average molecular weight is 706 g/mol. The molecule has 21 heteroatoms. The van der Waals surface area contributed by atoms with Crippen LogP contribution in [-0.4, -0.2) is 87.8 Å². The van der Waals surface area contributed by atoms with Crippen LogP contribution in [0.25, 0.3) is 0 Å². The summed E-state index contributed by atoms with van der Waals surface area (Å²) in [5.74, 6) is -4.96. The zero-order valence-electron chi connectivity index (χ0n) is 23.7. The number of amides is 4. The van der Waals surface area contributed by atoms with E-state index >= 15 is 0 Å². The van der Waals surface area contributed by atoms with Crippen molar-refractivity contribution in [1.29, 1.82) is 0 Å². The van der Waals surface area contributed by atoms with Gasteiger partial charge < -0.3 is 31.8 Å². The zero-order chi connectivity index (χ0) is 34.0. The molecule has 1 fully saturated rings. The summed E-state index contributed by atoms with van der Waals surface area (Å²) < 4.78 is 1.73. The fourth-order valence-electron chi connectivity index (χ4n) is 4.64. The molecule has 0 spiro atoms. The molecule has 246 valence electrons. The van der Waals surface area contributed by atoms with E-state index in [1.54, 1.807) is 30.0 Å². The van der Waals surface area contributed by atoms with Crippen molar-refractivity contribution in [3.8, 4) is 5.75 Å². The van der Waals surface area contributed by atoms with Gasteiger partial charge in [-0.3, -0.25) is 34.1 Å². The van der Waals surface area contributed by atoms with E-state index < -0.39 is 63.9 Å². The lowest BCUT2D eigenvalue weighted by molar-refractivity contribution is -0.685. The molecule has 0 saturated carbocycles. The number of nitrogens with one attached hydrogen (secondary N) is 3. The summed E-state index contributed by atoms with van der Waals surface area (Å²) in [6, 6.07) is 1.38. The molecule has 3 atom stereocenters. The topological polar surface area (TPSA) is 270 Å². The van der Waals surface area contributed by atoms with Gasteiger partial charge in [0.15, 0.2) is 29.3 Å². The molecule has 1 saturated heterocycles. The number of thioether (sulfide) groups is 2. The molecular formula is C26H25N8O10S3+. The van der Waals surface area contributed by atoms with Gasteiger partial charge in [0.05, 0.1) is 11.9 Å². The quantitative estimate of drug-likeness (QED) is 0.0286. The van der Waals surface area contributed by atoms with E-state index in [4.69, 9.17) is 10.9 Å². The Kier molecular flexibility index (Phi) is 9.69. The Bertz CT molecular complexity index is 1860. The monoisotopic (exact) mass is 705 g/mol. The van der Waals surface area contributed by atoms with Gasteiger partial charge in [0.1, 0.15) is 22.8 Å². The number of β-lactam (4-membered cyclic amide) rings is 1. The van der Waals surface area contributed by atoms with E-state index in [1.807, 2.05) is 0 Å². The first-order valence-corrected chi connectivity index (χ1v) is 16.2. The first-order chi connectivity index (χ1) is 22.4. The van der Waals surface area contributed by atoms with Gasteiger partial charge in [-0.25, -0.2) is 15.3 Å². The summed E-state index contributed by atoms with van der Waals surface area (Å²) in [5, 5.41) is 43.8. The number of hydrogen-bond donors (Lipinski definition) is 8. The van der Waals surface area contributed by atoms with Crippen molar-refractivity contribution in [1.82, 2.24) is 30.7 Å². The summed E-state index contributed by atoms with van der Waals surface area (Å²) in [6.07, 6.45) is 3.84. The highest BCUT2D eigenvalue weighted by molar-refractivity contribution is 8.01. The van der Waals surface area contributed by atoms with Crippen LogP contribution in [0.15, 0.2) is 63.1 Å². The van der Waals surface area contributed by atoms with Crippen LogP contribution in [-0.2, 0) is 25.7 Å². The lowest BCUT2D eigenvalue weighted by Crippen LogP contribution is -2.71. The number of anilines is 1. The molecule has 0 aromatic carbocycles. The number of nitrogens with two attached hydrogens (primary N) is 1. The number of carboxylic acid groups (broad SMARTS) is 1. The second kappa shape index (κ2) is 13.7. The number of aliphatic carboxylic acids is 1. The van der Waals surface area contributed by atoms with Crippen molar-refractivity contribution in [2.45, 2.75) is 28.9 Å². The third-order valence-corrected chi connectivity index (χ3v) is 10.0. The van der Waals surface area contributed by atoms with Gasteiger partial charge in [-0.05, 0) is 5.57 Å². The SMILES string of the molecule is Nc1nc(C(NC(=O)c2cc(=O)c(O)cn2O)C(=O)N[C@@H]2C(=O)N3C(C(=O)O)=C(CSc4cc[n+](CC(=O)NO)cc4)CS[C@H]23)cs1. The van der Waals surface area contributed by atoms with Crippen LogP contribution in [0.1, 0.15) is 22.2 Å². The Morgan fingerprint density at radius 1 is 1.21 bits per heavy atom. The van der Waals surface area contributed by atoms with Crippen LogP contribution in [0.5, 0.6) is 5.75 Å². The Balaban J connectivity index is 1.29. The van der Waals surface area contributed by atoms with Gasteiger partial charge in [-0.15, -0.1) is 34.9 Å². The molecule has 3 aromatic rings. The summed E-state index contributed by atoms with van der Waals surface area (Å²) in [5.41, 5.74) is 5.96. The van der Waals surface area contributed by atoms with Gasteiger partial charge in [-0.2, -0.15) is 9.30 Å². The smallest absolute Gasteiger partial charge is 0.352 e. The second-order valence-corrected chi connectivity index (χ2v) is 13.0. The van der Waals surface area contributed by atoms with E-state index in [9.17, 15) is 44.2 Å². The molecule has 2 aliphatic heterocycles. The van der Waals surface area contributed by atoms with Crippen molar-refractivity contribution in [3.05, 3.63) is 75.1 Å². The molecule has 0 bridgehead atoms. The van der Waals surface area contributed by atoms with Crippen LogP contribution in [0.4, 0.5) is 5.13 Å². The summed E-state index contributed by atoms with van der Waals surface area (Å²) in [6.45, 7) is -0.100. The number of hydrogen-bond acceptors (Lipinski definition) is 14. The minimum absolute atomic E-state index is 0.00239. The molecule has 2 aliphatic rings. The fourth-order valence-corrected chi connectivity index (χ4v) is 7.60. The van der Waals surface area contributed by atoms with Crippen LogP contribution in [0, 0.1) is 0 Å². The second-order valence-electron chi connectivity index (χ2n) is 9.95. The summed E-state index contributed by atoms with van der Waals surface area (Å²) in [7, 11) is 0. The first kappa shape index (κ1) is 33.2. The summed E-state index contributed by atoms with van der Waals surface area (Å²) >= 11 is 3.52. The standard InChI is InChI=1S/C26H24N8O10S3/c27-26-28-13(10-47-26)18(29-21(38)14-5-15(35)16(36)6-33(14)44)22(39)30-19-23(40)34-20(25(41)42)11(9-46-24(19)34)8-45-12-1-3-32(4-2-12)7-17(37)31-43/h1-6,10,18-19,24,44H,7-9H2,(H7-,27,28,29,30,31,35,36,37,38,39,41,42,43)/p+1/t18?,19-,24-/m1/s1. The minimum atomic E-state index is -1.54. The van der Waals surface area contributed by atoms with Gasteiger partial charge >= 0.3 is 11.9 Å². The van der Waals surface area contributed by atoms with Crippen LogP contribution < -0.4 is 31.8 Å². The fraction of sp³-hybridized carbons (Fsp3) is 0.231. The third-order valence-electron chi connectivity index (χ3n) is 6.89. The zero-order valence-corrected chi connectivity index (χ0v) is 26.2. The maximum atomic E-state index is 13.5. The summed E-state index contributed by atoms with van der Waals surface area (Å²) in [4.78, 5) is 81.0. The van der Waals surface area contributed by atoms with Gasteiger partial charge in [0.25, 0.3) is 11.8 Å². The van der Waals surface area contributed by atoms with Crippen LogP contribution >= 0.6 is 34.9 Å². The lowest BCUT2D eigenvalue weighted by atomic mass is 10.0. The number of nitrogens with zero attached hydrogens (tertiary/aromatic N) is 4. The number of carbonyl (C=O) groups is 5. The highest BCUT2D eigenvalue weighted by atomic mass is 32.2. The Morgan fingerprint density at radius 2 is 1.94 bits per heavy atom. The van der Waals surface area contributed by atoms with Crippen LogP contribution in [0.2, 0.25) is 0 Å². The highest BCUT2D eigenvalue weighted by Gasteiger charge is 2.54. The number of carbonyl (C=O) groups excluding carboxylic acids is 4. The maximum absolute atomic E-state index is 13.5. The molecule has 0 aliphatic carbocycles. The minimum Gasteiger partial charge on any atom is -0.503 e. The Labute approximate surface area is 275 Å². The molecule has 4 amide bonds. The predicted molar refractivity (Wildman–Crippen MR) is 163 cm³/mol. The molecule has 5 heterocycles. The van der Waals surface area contributed by atoms with Gasteiger partial charge in [-0.1, -0.05) is 0 Å². The van der Waals surface area contributed by atoms with Crippen molar-refractivity contribution >= 4 is 69.6 Å². The van der Waals surface area contributed by atoms with Gasteiger partial charge in [0, 0.05) is 40.0 Å². The van der Waals surface area contributed by atoms with Gasteiger partial charge in [0.2, 0.25) is 17.9 Å². The van der Waals surface area contributed by atoms with E-state index in [0.717, 1.165) is 21.1 Å². The maximum Gasteiger partial charge on any atom is 0.352 e. The van der Waals surface area contributed by atoms with Crippen LogP contribution in [0.3, 0.4) is 0 Å². The molecule has 5 rings (SSSR count). The number of pyridine rings is 2. The number of carboxylic acids is 1. The molecule has 47 heavy (non-hydrogen) atoms. The van der Waals surface area contributed by atoms with Crippen molar-refractivity contribution in [3.63, 3.8) is 0 Å². The van der Waals surface area contributed by atoms with E-state index in [2.05, 4.69) is 15.6 Å². The number of fused-ring (bicyclic) bond motifs is 1. The number of nitrogen functional groups attached to an aromatic ring is 1. The molecule has 0 radical (unpaired) electrons. The first-order valence-electron chi connectivity index (χ1n) is 13.3. The van der Waals surface area contributed by atoms with Crippen molar-refractivity contribution in [2.24, 2.45) is 0 Å². The third kappa shape index (κ3) is 7.01. The average Bonchev–Trinajstić information content (AvgIpc) is 3.48. The Morgan fingerprint density at radius 3 is 2.57 bits per heavy atom.